The molecular weight excluding hydrogens is 396 g/mol. The summed E-state index contributed by atoms with van der Waals surface area (Å²) >= 11 is 0. The molecule has 1 aliphatic carbocycles. The summed E-state index contributed by atoms with van der Waals surface area (Å²) in [6.07, 6.45) is 2.00. The van der Waals surface area contributed by atoms with Gasteiger partial charge in [0.1, 0.15) is 5.75 Å². The average Bonchev–Trinajstić information content (AvgIpc) is 3.54. The van der Waals surface area contributed by atoms with Gasteiger partial charge in [-0.25, -0.2) is 4.79 Å². The van der Waals surface area contributed by atoms with E-state index in [1.165, 1.54) is 5.56 Å². The monoisotopic (exact) mass is 424 g/mol. The quantitative estimate of drug-likeness (QED) is 0.600. The fourth-order valence-electron chi connectivity index (χ4n) is 3.15. The fraction of sp³-hybridized carbons (Fsp3) is 0.375. The largest absolute Gasteiger partial charge is 0.482 e. The third-order valence-electron chi connectivity index (χ3n) is 4.91. The number of hydrogen-bond acceptors (Lipinski definition) is 5. The summed E-state index contributed by atoms with van der Waals surface area (Å²) in [5.41, 5.74) is 3.24. The third kappa shape index (κ3) is 6.84. The smallest absolute Gasteiger partial charge is 0.344 e. The number of nitrogens with one attached hydrogen (secondary N) is 2. The number of anilines is 1. The second-order valence-corrected chi connectivity index (χ2v) is 8.00. The number of amides is 2. The van der Waals surface area contributed by atoms with E-state index in [2.05, 4.69) is 24.5 Å². The van der Waals surface area contributed by atoms with Crippen molar-refractivity contribution in [2.75, 3.05) is 18.5 Å². The van der Waals surface area contributed by atoms with Crippen molar-refractivity contribution >= 4 is 23.5 Å². The normalized spacial score (nSPS) is 12.9. The molecule has 3 rings (SSSR count). The highest BCUT2D eigenvalue weighted by Crippen LogP contribution is 2.23. The van der Waals surface area contributed by atoms with Gasteiger partial charge in [0.05, 0.1) is 0 Å². The standard InChI is InChI=1S/C24H28N2O5/c1-15(2)21-10-9-20(11-16(21)3)30-14-23(28)31-13-22(27)25-19-6-4-5-17(12-19)24(29)26-18-7-8-18/h4-6,9-12,15,18H,7-8,13-14H2,1-3H3,(H,25,27)(H,26,29). The number of esters is 1. The Morgan fingerprint density at radius 3 is 2.52 bits per heavy atom. The zero-order valence-electron chi connectivity index (χ0n) is 18.1. The Balaban J connectivity index is 1.42. The highest BCUT2D eigenvalue weighted by Gasteiger charge is 2.23. The number of hydrogen-bond donors (Lipinski definition) is 2. The molecule has 2 aromatic rings. The molecule has 2 amide bonds. The van der Waals surface area contributed by atoms with Crippen molar-refractivity contribution in [1.29, 1.82) is 0 Å². The molecule has 0 radical (unpaired) electrons. The summed E-state index contributed by atoms with van der Waals surface area (Å²) in [6.45, 7) is 5.50. The first-order chi connectivity index (χ1) is 14.8. The molecule has 0 bridgehead atoms. The van der Waals surface area contributed by atoms with E-state index in [4.69, 9.17) is 9.47 Å². The minimum Gasteiger partial charge on any atom is -0.482 e. The topological polar surface area (TPSA) is 93.7 Å². The summed E-state index contributed by atoms with van der Waals surface area (Å²) in [5.74, 6) is -0.322. The molecule has 0 spiro atoms. The average molecular weight is 424 g/mol. The maximum Gasteiger partial charge on any atom is 0.344 e. The summed E-state index contributed by atoms with van der Waals surface area (Å²) in [5, 5.41) is 5.52. The van der Waals surface area contributed by atoms with Crippen molar-refractivity contribution in [3.63, 3.8) is 0 Å². The molecule has 31 heavy (non-hydrogen) atoms. The van der Waals surface area contributed by atoms with E-state index in [9.17, 15) is 14.4 Å². The Morgan fingerprint density at radius 1 is 1.06 bits per heavy atom. The van der Waals surface area contributed by atoms with E-state index < -0.39 is 18.5 Å². The summed E-state index contributed by atoms with van der Waals surface area (Å²) in [6, 6.07) is 12.5. The molecule has 0 aliphatic heterocycles. The van der Waals surface area contributed by atoms with Crippen molar-refractivity contribution in [2.24, 2.45) is 0 Å². The number of carbonyl (C=O) groups excluding carboxylic acids is 3. The van der Waals surface area contributed by atoms with Crippen LogP contribution < -0.4 is 15.4 Å². The van der Waals surface area contributed by atoms with Crippen LogP contribution in [-0.4, -0.2) is 37.0 Å². The molecule has 0 heterocycles. The maximum atomic E-state index is 12.1. The number of rotatable bonds is 9. The molecule has 7 heteroatoms. The Labute approximate surface area is 182 Å². The van der Waals surface area contributed by atoms with Crippen LogP contribution in [0.1, 0.15) is 54.1 Å². The first-order valence-electron chi connectivity index (χ1n) is 10.4. The Bertz CT molecular complexity index is 966. The Hall–Kier alpha value is -3.35. The van der Waals surface area contributed by atoms with Crippen molar-refractivity contribution in [3.05, 3.63) is 59.2 Å². The lowest BCUT2D eigenvalue weighted by Gasteiger charge is -2.12. The molecule has 2 aromatic carbocycles. The van der Waals surface area contributed by atoms with E-state index >= 15 is 0 Å². The molecule has 1 fully saturated rings. The minimum absolute atomic E-state index is 0.168. The third-order valence-corrected chi connectivity index (χ3v) is 4.91. The van der Waals surface area contributed by atoms with Gasteiger partial charge in [-0.15, -0.1) is 0 Å². The van der Waals surface area contributed by atoms with Crippen LogP contribution in [0.5, 0.6) is 5.75 Å². The van der Waals surface area contributed by atoms with Crippen molar-refractivity contribution in [2.45, 2.75) is 45.6 Å². The van der Waals surface area contributed by atoms with Crippen LogP contribution in [0.3, 0.4) is 0 Å². The summed E-state index contributed by atoms with van der Waals surface area (Å²) < 4.78 is 10.4. The number of aryl methyl sites for hydroxylation is 1. The van der Waals surface area contributed by atoms with E-state index in [1.807, 2.05) is 25.1 Å². The van der Waals surface area contributed by atoms with Gasteiger partial charge in [-0.1, -0.05) is 26.0 Å². The van der Waals surface area contributed by atoms with Gasteiger partial charge >= 0.3 is 5.97 Å². The molecular formula is C24H28N2O5. The van der Waals surface area contributed by atoms with Crippen molar-refractivity contribution < 1.29 is 23.9 Å². The van der Waals surface area contributed by atoms with Crippen molar-refractivity contribution in [3.8, 4) is 5.75 Å². The zero-order valence-corrected chi connectivity index (χ0v) is 18.1. The van der Waals surface area contributed by atoms with Gasteiger partial charge in [-0.2, -0.15) is 0 Å². The van der Waals surface area contributed by atoms with Crippen LogP contribution in [0.2, 0.25) is 0 Å². The first kappa shape index (κ1) is 22.3. The van der Waals surface area contributed by atoms with E-state index in [0.29, 0.717) is 22.9 Å². The van der Waals surface area contributed by atoms with Gasteiger partial charge in [-0.3, -0.25) is 9.59 Å². The SMILES string of the molecule is Cc1cc(OCC(=O)OCC(=O)Nc2cccc(C(=O)NC3CC3)c2)ccc1C(C)C. The van der Waals surface area contributed by atoms with Gasteiger partial charge in [0.25, 0.3) is 11.8 Å². The molecule has 1 saturated carbocycles. The maximum absolute atomic E-state index is 12.1. The van der Waals surface area contributed by atoms with E-state index in [0.717, 1.165) is 18.4 Å². The zero-order chi connectivity index (χ0) is 22.4. The van der Waals surface area contributed by atoms with E-state index in [1.54, 1.807) is 24.3 Å². The second kappa shape index (κ2) is 10.1. The molecule has 164 valence electrons. The van der Waals surface area contributed by atoms with E-state index in [-0.39, 0.29) is 18.6 Å². The Morgan fingerprint density at radius 2 is 1.84 bits per heavy atom. The molecule has 1 aliphatic rings. The first-order valence-corrected chi connectivity index (χ1v) is 10.4. The molecule has 7 nitrogen and oxygen atoms in total. The molecule has 0 aromatic heterocycles. The summed E-state index contributed by atoms with van der Waals surface area (Å²) in [7, 11) is 0. The van der Waals surface area contributed by atoms with Gasteiger partial charge in [0.15, 0.2) is 13.2 Å². The van der Waals surface area contributed by atoms with Gasteiger partial charge in [0, 0.05) is 17.3 Å². The van der Waals surface area contributed by atoms with Crippen LogP contribution in [-0.2, 0) is 14.3 Å². The lowest BCUT2D eigenvalue weighted by atomic mass is 9.98. The molecule has 0 saturated heterocycles. The van der Waals surface area contributed by atoms with Gasteiger partial charge in [-0.05, 0) is 67.1 Å². The van der Waals surface area contributed by atoms with Crippen LogP contribution in [0.15, 0.2) is 42.5 Å². The lowest BCUT2D eigenvalue weighted by molar-refractivity contribution is -0.149. The minimum atomic E-state index is -0.640. The van der Waals surface area contributed by atoms with Crippen LogP contribution >= 0.6 is 0 Å². The second-order valence-electron chi connectivity index (χ2n) is 8.00. The highest BCUT2D eigenvalue weighted by atomic mass is 16.6. The fourth-order valence-corrected chi connectivity index (χ4v) is 3.15. The van der Waals surface area contributed by atoms with Crippen LogP contribution in [0.4, 0.5) is 5.69 Å². The predicted molar refractivity (Wildman–Crippen MR) is 117 cm³/mol. The predicted octanol–water partition coefficient (Wildman–Crippen LogP) is 3.57. The van der Waals surface area contributed by atoms with Crippen molar-refractivity contribution in [1.82, 2.24) is 5.32 Å². The molecule has 2 N–H and O–H groups in total. The molecule has 0 atom stereocenters. The van der Waals surface area contributed by atoms with Gasteiger partial charge in [0.2, 0.25) is 0 Å². The number of benzene rings is 2. The number of ether oxygens (including phenoxy) is 2. The van der Waals surface area contributed by atoms with Gasteiger partial charge < -0.3 is 20.1 Å². The number of carbonyl (C=O) groups is 3. The Kier molecular flexibility index (Phi) is 7.28. The lowest BCUT2D eigenvalue weighted by Crippen LogP contribution is -2.26. The van der Waals surface area contributed by atoms with Crippen LogP contribution in [0, 0.1) is 6.92 Å². The highest BCUT2D eigenvalue weighted by molar-refractivity contribution is 5.98. The van der Waals surface area contributed by atoms with Crippen LogP contribution in [0.25, 0.3) is 0 Å². The summed E-state index contributed by atoms with van der Waals surface area (Å²) in [4.78, 5) is 36.1. The molecule has 0 unspecified atom stereocenters.